The maximum Gasteiger partial charge on any atom is 0.184 e. The van der Waals surface area contributed by atoms with Gasteiger partial charge in [-0.15, -0.1) is 0 Å². The van der Waals surface area contributed by atoms with Gasteiger partial charge in [-0.3, -0.25) is 4.57 Å². The van der Waals surface area contributed by atoms with Crippen LogP contribution < -0.4 is 0 Å². The summed E-state index contributed by atoms with van der Waals surface area (Å²) in [6.07, 6.45) is 1.62. The van der Waals surface area contributed by atoms with E-state index in [0.29, 0.717) is 21.6 Å². The standard InChI is InChI=1S/C13H6BrFN4S/c14-7-4-10-12(17-6-7)19(13(20)18-10)11-3-1-2-9(15)8(11)5-16/h1-4,6H,(H,18,20). The molecule has 0 atom stereocenters. The molecule has 0 unspecified atom stereocenters. The second kappa shape index (κ2) is 4.81. The fraction of sp³-hybridized carbons (Fsp3) is 0. The molecule has 2 heterocycles. The smallest absolute Gasteiger partial charge is 0.184 e. The summed E-state index contributed by atoms with van der Waals surface area (Å²) in [6.45, 7) is 0. The Morgan fingerprint density at radius 3 is 3.00 bits per heavy atom. The van der Waals surface area contributed by atoms with Crippen molar-refractivity contribution in [3.63, 3.8) is 0 Å². The normalized spacial score (nSPS) is 10.7. The molecule has 0 aliphatic carbocycles. The van der Waals surface area contributed by atoms with Gasteiger partial charge in [0.2, 0.25) is 0 Å². The van der Waals surface area contributed by atoms with Crippen molar-refractivity contribution in [2.24, 2.45) is 0 Å². The number of fused-ring (bicyclic) bond motifs is 1. The monoisotopic (exact) mass is 348 g/mol. The Hall–Kier alpha value is -2.04. The largest absolute Gasteiger partial charge is 0.329 e. The second-order valence-corrected chi connectivity index (χ2v) is 5.34. The quantitative estimate of drug-likeness (QED) is 0.679. The van der Waals surface area contributed by atoms with E-state index < -0.39 is 5.82 Å². The molecule has 3 rings (SSSR count). The van der Waals surface area contributed by atoms with Crippen molar-refractivity contribution in [3.8, 4) is 11.8 Å². The Morgan fingerprint density at radius 2 is 2.25 bits per heavy atom. The van der Waals surface area contributed by atoms with Gasteiger partial charge in [0, 0.05) is 10.7 Å². The number of nitrogens with one attached hydrogen (secondary N) is 1. The zero-order valence-corrected chi connectivity index (χ0v) is 12.3. The molecule has 0 radical (unpaired) electrons. The average molecular weight is 349 g/mol. The lowest BCUT2D eigenvalue weighted by atomic mass is 10.2. The number of nitriles is 1. The first-order valence-electron chi connectivity index (χ1n) is 5.57. The van der Waals surface area contributed by atoms with Crippen molar-refractivity contribution >= 4 is 39.3 Å². The molecule has 3 aromatic rings. The highest BCUT2D eigenvalue weighted by Gasteiger charge is 2.14. The van der Waals surface area contributed by atoms with E-state index in [1.807, 2.05) is 12.1 Å². The number of aromatic nitrogens is 3. The van der Waals surface area contributed by atoms with Gasteiger partial charge in [-0.25, -0.2) is 9.37 Å². The number of aromatic amines is 1. The number of pyridine rings is 1. The molecule has 4 nitrogen and oxygen atoms in total. The number of H-pyrrole nitrogens is 1. The first-order valence-corrected chi connectivity index (χ1v) is 6.77. The van der Waals surface area contributed by atoms with Crippen LogP contribution in [0.2, 0.25) is 0 Å². The summed E-state index contributed by atoms with van der Waals surface area (Å²) >= 11 is 8.57. The van der Waals surface area contributed by atoms with Gasteiger partial charge >= 0.3 is 0 Å². The van der Waals surface area contributed by atoms with Crippen LogP contribution in [0.4, 0.5) is 4.39 Å². The summed E-state index contributed by atoms with van der Waals surface area (Å²) in [7, 11) is 0. The lowest BCUT2D eigenvalue weighted by Crippen LogP contribution is -2.00. The first kappa shape index (κ1) is 13.0. The highest BCUT2D eigenvalue weighted by molar-refractivity contribution is 9.10. The summed E-state index contributed by atoms with van der Waals surface area (Å²) in [5.74, 6) is -0.585. The van der Waals surface area contributed by atoms with E-state index in [1.54, 1.807) is 16.8 Å². The van der Waals surface area contributed by atoms with Crippen LogP contribution >= 0.6 is 28.1 Å². The van der Waals surface area contributed by atoms with Crippen molar-refractivity contribution < 1.29 is 4.39 Å². The van der Waals surface area contributed by atoms with Crippen molar-refractivity contribution in [1.82, 2.24) is 14.5 Å². The van der Waals surface area contributed by atoms with Gasteiger partial charge in [0.25, 0.3) is 0 Å². The van der Waals surface area contributed by atoms with Crippen LogP contribution in [0.5, 0.6) is 0 Å². The predicted octanol–water partition coefficient (Wildman–Crippen LogP) is 3.86. The summed E-state index contributed by atoms with van der Waals surface area (Å²) in [6, 6.07) is 8.09. The molecule has 98 valence electrons. The zero-order valence-electron chi connectivity index (χ0n) is 9.89. The molecule has 1 N–H and O–H groups in total. The molecular formula is C13H6BrFN4S. The van der Waals surface area contributed by atoms with E-state index in [1.165, 1.54) is 12.1 Å². The highest BCUT2D eigenvalue weighted by Crippen LogP contribution is 2.24. The number of halogens is 2. The molecule has 7 heteroatoms. The minimum atomic E-state index is -0.585. The van der Waals surface area contributed by atoms with Crippen LogP contribution in [0.25, 0.3) is 16.9 Å². The fourth-order valence-electron chi connectivity index (χ4n) is 2.00. The summed E-state index contributed by atoms with van der Waals surface area (Å²) in [5, 5.41) is 9.13. The SMILES string of the molecule is N#Cc1c(F)cccc1-n1c(=S)[nH]c2cc(Br)cnc21. The molecule has 0 amide bonds. The fourth-order valence-corrected chi connectivity index (χ4v) is 2.63. The van der Waals surface area contributed by atoms with Crippen LogP contribution in [0.15, 0.2) is 34.9 Å². The number of benzene rings is 1. The minimum Gasteiger partial charge on any atom is -0.329 e. The van der Waals surface area contributed by atoms with E-state index >= 15 is 0 Å². The Balaban J connectivity index is 2.42. The molecule has 0 saturated carbocycles. The molecule has 0 spiro atoms. The Kier molecular flexibility index (Phi) is 3.12. The van der Waals surface area contributed by atoms with Crippen molar-refractivity contribution in [2.45, 2.75) is 0 Å². The van der Waals surface area contributed by atoms with Crippen molar-refractivity contribution in [2.75, 3.05) is 0 Å². The molecule has 1 aromatic carbocycles. The molecule has 0 saturated heterocycles. The van der Waals surface area contributed by atoms with Crippen LogP contribution in [0.3, 0.4) is 0 Å². The van der Waals surface area contributed by atoms with Gasteiger partial charge in [-0.05, 0) is 46.3 Å². The molecule has 0 aliphatic rings. The van der Waals surface area contributed by atoms with E-state index in [2.05, 4.69) is 25.9 Å². The molecule has 0 bridgehead atoms. The molecular weight excluding hydrogens is 343 g/mol. The second-order valence-electron chi connectivity index (χ2n) is 4.04. The van der Waals surface area contributed by atoms with E-state index in [4.69, 9.17) is 17.5 Å². The topological polar surface area (TPSA) is 57.4 Å². The van der Waals surface area contributed by atoms with Crippen molar-refractivity contribution in [1.29, 1.82) is 5.26 Å². The van der Waals surface area contributed by atoms with Gasteiger partial charge < -0.3 is 4.98 Å². The van der Waals surface area contributed by atoms with Crippen LogP contribution in [0, 0.1) is 21.9 Å². The van der Waals surface area contributed by atoms with Gasteiger partial charge in [0.05, 0.1) is 11.2 Å². The molecule has 2 aromatic heterocycles. The number of hydrogen-bond acceptors (Lipinski definition) is 3. The first-order chi connectivity index (χ1) is 9.61. The van der Waals surface area contributed by atoms with Crippen molar-refractivity contribution in [3.05, 3.63) is 51.1 Å². The number of rotatable bonds is 1. The van der Waals surface area contributed by atoms with E-state index in [0.717, 1.165) is 4.47 Å². The van der Waals surface area contributed by atoms with Gasteiger partial charge in [-0.2, -0.15) is 5.26 Å². The van der Waals surface area contributed by atoms with Crippen LogP contribution in [0.1, 0.15) is 5.56 Å². The van der Waals surface area contributed by atoms with Gasteiger partial charge in [0.15, 0.2) is 10.4 Å². The summed E-state index contributed by atoms with van der Waals surface area (Å²) in [4.78, 5) is 7.26. The third-order valence-electron chi connectivity index (χ3n) is 2.83. The number of nitrogens with zero attached hydrogens (tertiary/aromatic N) is 3. The van der Waals surface area contributed by atoms with Gasteiger partial charge in [0.1, 0.15) is 17.4 Å². The average Bonchev–Trinajstić information content (AvgIpc) is 2.73. The molecule has 0 fully saturated rings. The van der Waals surface area contributed by atoms with Crippen LogP contribution in [-0.4, -0.2) is 14.5 Å². The Labute approximate surface area is 126 Å². The lowest BCUT2D eigenvalue weighted by molar-refractivity contribution is 0.622. The Bertz CT molecular complexity index is 922. The zero-order chi connectivity index (χ0) is 14.3. The number of imidazole rings is 1. The van der Waals surface area contributed by atoms with Gasteiger partial charge in [-0.1, -0.05) is 6.07 Å². The summed E-state index contributed by atoms with van der Waals surface area (Å²) in [5.41, 5.74) is 1.56. The third-order valence-corrected chi connectivity index (χ3v) is 3.55. The minimum absolute atomic E-state index is 0.0609. The maximum absolute atomic E-state index is 13.7. The maximum atomic E-state index is 13.7. The van der Waals surface area contributed by atoms with Crippen LogP contribution in [-0.2, 0) is 0 Å². The molecule has 20 heavy (non-hydrogen) atoms. The predicted molar refractivity (Wildman–Crippen MR) is 78.6 cm³/mol. The number of hydrogen-bond donors (Lipinski definition) is 1. The lowest BCUT2D eigenvalue weighted by Gasteiger charge is -2.06. The highest BCUT2D eigenvalue weighted by atomic mass is 79.9. The third kappa shape index (κ3) is 1.94. The Morgan fingerprint density at radius 1 is 1.45 bits per heavy atom. The van der Waals surface area contributed by atoms with E-state index in [-0.39, 0.29) is 5.56 Å². The van der Waals surface area contributed by atoms with E-state index in [9.17, 15) is 4.39 Å². The summed E-state index contributed by atoms with van der Waals surface area (Å²) < 4.78 is 16.4. The molecule has 0 aliphatic heterocycles.